The molecule has 2 heterocycles. The molecule has 4 amide bonds. The largest absolute Gasteiger partial charge is 0.271 e. The fourth-order valence-electron chi connectivity index (χ4n) is 8.75. The molecule has 2 aliphatic carbocycles. The van der Waals surface area contributed by atoms with Crippen molar-refractivity contribution in [1.82, 2.24) is 9.80 Å². The lowest BCUT2D eigenvalue weighted by atomic mass is 9.81. The van der Waals surface area contributed by atoms with Gasteiger partial charge in [-0.25, -0.2) is 8.78 Å². The summed E-state index contributed by atoms with van der Waals surface area (Å²) in [6.45, 7) is 0. The third kappa shape index (κ3) is 3.18. The molecule has 6 nitrogen and oxygen atoms in total. The number of benzene rings is 5. The van der Waals surface area contributed by atoms with Crippen molar-refractivity contribution in [3.63, 3.8) is 0 Å². The molecular formula is C36H28F2N2O4. The van der Waals surface area contributed by atoms with Gasteiger partial charge in [0, 0.05) is 50.1 Å². The summed E-state index contributed by atoms with van der Waals surface area (Å²) in [7, 11) is 0. The Morgan fingerprint density at radius 2 is 0.841 bits per heavy atom. The number of rotatable bonds is 2. The molecule has 220 valence electrons. The molecule has 2 saturated carbocycles. The Hall–Kier alpha value is -4.46. The number of hydrogen-bond donors (Lipinski definition) is 0. The van der Waals surface area contributed by atoms with Crippen molar-refractivity contribution in [2.24, 2.45) is 0 Å². The fraction of sp³-hybridized carbons (Fsp3) is 0.333. The molecule has 4 aliphatic rings. The minimum absolute atomic E-state index is 0.0604. The Bertz CT molecular complexity index is 2030. The van der Waals surface area contributed by atoms with Crippen molar-refractivity contribution in [2.75, 3.05) is 0 Å². The van der Waals surface area contributed by atoms with Crippen LogP contribution in [-0.4, -0.2) is 45.5 Å². The van der Waals surface area contributed by atoms with Crippen LogP contribution in [0, 0.1) is 11.6 Å². The van der Waals surface area contributed by atoms with Gasteiger partial charge >= 0.3 is 0 Å². The lowest BCUT2D eigenvalue weighted by Crippen LogP contribution is -2.48. The van der Waals surface area contributed by atoms with Gasteiger partial charge < -0.3 is 0 Å². The molecule has 5 aromatic carbocycles. The van der Waals surface area contributed by atoms with E-state index in [2.05, 4.69) is 0 Å². The average molecular weight is 591 g/mol. The van der Waals surface area contributed by atoms with Crippen LogP contribution in [0.3, 0.4) is 0 Å². The highest BCUT2D eigenvalue weighted by Gasteiger charge is 2.42. The van der Waals surface area contributed by atoms with Crippen LogP contribution in [0.25, 0.3) is 43.1 Å². The summed E-state index contributed by atoms with van der Waals surface area (Å²) in [4.78, 5) is 58.0. The molecule has 44 heavy (non-hydrogen) atoms. The van der Waals surface area contributed by atoms with E-state index in [4.69, 9.17) is 0 Å². The van der Waals surface area contributed by atoms with Crippen LogP contribution < -0.4 is 0 Å². The molecule has 0 N–H and O–H groups in total. The first-order valence-electron chi connectivity index (χ1n) is 15.7. The molecule has 0 bridgehead atoms. The van der Waals surface area contributed by atoms with Gasteiger partial charge in [-0.3, -0.25) is 29.0 Å². The van der Waals surface area contributed by atoms with Crippen molar-refractivity contribution < 1.29 is 28.0 Å². The van der Waals surface area contributed by atoms with Crippen molar-refractivity contribution in [3.8, 4) is 0 Å². The number of nitrogens with zero attached hydrogens (tertiary/aromatic N) is 2. The van der Waals surface area contributed by atoms with Crippen LogP contribution in [-0.2, 0) is 0 Å². The van der Waals surface area contributed by atoms with Gasteiger partial charge in [-0.1, -0.05) is 50.7 Å². The summed E-state index contributed by atoms with van der Waals surface area (Å²) in [6.07, 6.45) is 8.66. The van der Waals surface area contributed by atoms with Crippen LogP contribution >= 0.6 is 0 Å². The third-order valence-corrected chi connectivity index (χ3v) is 10.7. The second-order valence-corrected chi connectivity index (χ2v) is 12.9. The van der Waals surface area contributed by atoms with Crippen molar-refractivity contribution >= 4 is 66.7 Å². The van der Waals surface area contributed by atoms with E-state index in [9.17, 15) is 19.2 Å². The monoisotopic (exact) mass is 590 g/mol. The molecule has 0 atom stereocenters. The summed E-state index contributed by atoms with van der Waals surface area (Å²) in [5.74, 6) is -3.27. The second kappa shape index (κ2) is 9.03. The van der Waals surface area contributed by atoms with E-state index in [1.807, 2.05) is 0 Å². The summed E-state index contributed by atoms with van der Waals surface area (Å²) < 4.78 is 32.7. The van der Waals surface area contributed by atoms with E-state index >= 15 is 8.78 Å². The van der Waals surface area contributed by atoms with Gasteiger partial charge in [0.05, 0.1) is 11.1 Å². The van der Waals surface area contributed by atoms with E-state index in [0.29, 0.717) is 45.5 Å². The molecule has 2 fully saturated rings. The zero-order valence-electron chi connectivity index (χ0n) is 24.0. The maximum atomic E-state index is 16.4. The lowest BCUT2D eigenvalue weighted by molar-refractivity contribution is 0.0487. The zero-order chi connectivity index (χ0) is 30.0. The molecular weight excluding hydrogens is 562 g/mol. The maximum absolute atomic E-state index is 16.4. The molecule has 9 rings (SSSR count). The first kappa shape index (κ1) is 26.0. The van der Waals surface area contributed by atoms with Gasteiger partial charge in [-0.2, -0.15) is 0 Å². The van der Waals surface area contributed by atoms with Crippen molar-refractivity contribution in [1.29, 1.82) is 0 Å². The van der Waals surface area contributed by atoms with Gasteiger partial charge in [0.25, 0.3) is 23.6 Å². The van der Waals surface area contributed by atoms with Gasteiger partial charge in [-0.15, -0.1) is 0 Å². The molecule has 0 unspecified atom stereocenters. The molecule has 0 spiro atoms. The van der Waals surface area contributed by atoms with Gasteiger partial charge in [0.15, 0.2) is 0 Å². The highest BCUT2D eigenvalue weighted by Crippen LogP contribution is 2.48. The van der Waals surface area contributed by atoms with Crippen molar-refractivity contribution in [3.05, 3.63) is 70.3 Å². The predicted molar refractivity (Wildman–Crippen MR) is 162 cm³/mol. The fourth-order valence-corrected chi connectivity index (χ4v) is 8.75. The van der Waals surface area contributed by atoms with E-state index in [1.54, 1.807) is 24.3 Å². The Labute approximate surface area is 250 Å². The number of carbonyl (C=O) groups excluding carboxylic acids is 4. The number of imide groups is 2. The van der Waals surface area contributed by atoms with E-state index in [0.717, 1.165) is 51.4 Å². The number of halogens is 2. The van der Waals surface area contributed by atoms with Gasteiger partial charge in [-0.05, 0) is 66.1 Å². The van der Waals surface area contributed by atoms with E-state index < -0.39 is 23.4 Å². The second-order valence-electron chi connectivity index (χ2n) is 12.9. The number of carbonyl (C=O) groups is 4. The first-order valence-corrected chi connectivity index (χ1v) is 15.7. The smallest absolute Gasteiger partial charge is 0.261 e. The zero-order valence-corrected chi connectivity index (χ0v) is 24.0. The highest BCUT2D eigenvalue weighted by molar-refractivity contribution is 6.41. The minimum Gasteiger partial charge on any atom is -0.271 e. The Kier molecular flexibility index (Phi) is 5.34. The highest BCUT2D eigenvalue weighted by atomic mass is 19.1. The van der Waals surface area contributed by atoms with Crippen molar-refractivity contribution in [2.45, 2.75) is 76.3 Å². The average Bonchev–Trinajstić information content (AvgIpc) is 3.03. The Balaban J connectivity index is 1.34. The quantitative estimate of drug-likeness (QED) is 0.119. The topological polar surface area (TPSA) is 74.8 Å². The Morgan fingerprint density at radius 1 is 0.455 bits per heavy atom. The number of fused-ring (bicyclic) bond motifs is 2. The first-order chi connectivity index (χ1) is 21.4. The summed E-state index contributed by atoms with van der Waals surface area (Å²) in [5, 5.41) is 2.27. The third-order valence-electron chi connectivity index (χ3n) is 10.7. The van der Waals surface area contributed by atoms with Gasteiger partial charge in [0.1, 0.15) is 11.6 Å². The predicted octanol–water partition coefficient (Wildman–Crippen LogP) is 7.87. The molecule has 0 saturated heterocycles. The minimum atomic E-state index is -0.708. The molecule has 5 aromatic rings. The Morgan fingerprint density at radius 3 is 1.27 bits per heavy atom. The maximum Gasteiger partial charge on any atom is 0.261 e. The summed E-state index contributed by atoms with van der Waals surface area (Å²) in [6, 6.07) is 8.46. The van der Waals surface area contributed by atoms with Crippen LogP contribution in [0.2, 0.25) is 0 Å². The number of amides is 4. The van der Waals surface area contributed by atoms with Crippen LogP contribution in [0.5, 0.6) is 0 Å². The van der Waals surface area contributed by atoms with E-state index in [1.165, 1.54) is 21.9 Å². The lowest BCUT2D eigenvalue weighted by Gasteiger charge is -2.37. The van der Waals surface area contributed by atoms with Crippen LogP contribution in [0.4, 0.5) is 8.78 Å². The summed E-state index contributed by atoms with van der Waals surface area (Å²) in [5.41, 5.74) is 0.804. The molecule has 0 radical (unpaired) electrons. The SMILES string of the molecule is O=C1c2ccc3c4c(F)cc5c6c(cc(F)c(c7ccc(c2c37)C(=O)N1C1CCCCC1)c64)C(=O)N(C1CCCCC1)C5=O. The molecule has 0 aromatic heterocycles. The van der Waals surface area contributed by atoms with Gasteiger partial charge in [0.2, 0.25) is 0 Å². The standard InChI is InChI=1S/C36H28F2N2O4/c37-25-15-23-29-24(36(44)40(35(23)43)18-9-5-2-6-10-18)16-26(38)31-20-12-14-22-28-21(13-11-19(27(20)28)30(25)32(29)31)33(41)39(34(22)42)17-7-3-1-4-8-17/h11-18H,1-10H2. The molecule has 2 aliphatic heterocycles. The number of hydrogen-bond acceptors (Lipinski definition) is 4. The van der Waals surface area contributed by atoms with E-state index in [-0.39, 0.29) is 56.6 Å². The normalized spacial score (nSPS) is 20.0. The summed E-state index contributed by atoms with van der Waals surface area (Å²) >= 11 is 0. The molecule has 8 heteroatoms. The van der Waals surface area contributed by atoms with Crippen LogP contribution in [0.15, 0.2) is 36.4 Å². The van der Waals surface area contributed by atoms with Crippen LogP contribution in [0.1, 0.15) is 106 Å².